The van der Waals surface area contributed by atoms with Crippen LogP contribution < -0.4 is 10.9 Å². The zero-order valence-electron chi connectivity index (χ0n) is 15.6. The Balaban J connectivity index is 1.81. The smallest absolute Gasteiger partial charge is 0.262 e. The predicted molar refractivity (Wildman–Crippen MR) is 106 cm³/mol. The van der Waals surface area contributed by atoms with Crippen LogP contribution in [0.4, 0.5) is 5.82 Å². The van der Waals surface area contributed by atoms with Gasteiger partial charge in [0.2, 0.25) is 5.91 Å². The van der Waals surface area contributed by atoms with Gasteiger partial charge in [0.15, 0.2) is 11.0 Å². The monoisotopic (exact) mass is 386 g/mol. The van der Waals surface area contributed by atoms with Gasteiger partial charge in [-0.05, 0) is 31.4 Å². The first kappa shape index (κ1) is 19.2. The fourth-order valence-electron chi connectivity index (χ4n) is 2.58. The number of carbonyl (C=O) groups excluding carboxylic acids is 1. The second-order valence-electron chi connectivity index (χ2n) is 6.71. The summed E-state index contributed by atoms with van der Waals surface area (Å²) in [4.78, 5) is 29.7. The summed E-state index contributed by atoms with van der Waals surface area (Å²) >= 11 is 1.24. The molecule has 0 aliphatic carbocycles. The van der Waals surface area contributed by atoms with Crippen LogP contribution in [-0.2, 0) is 11.3 Å². The molecule has 0 fully saturated rings. The van der Waals surface area contributed by atoms with E-state index in [4.69, 9.17) is 4.52 Å². The Bertz CT molecular complexity index is 1010. The van der Waals surface area contributed by atoms with E-state index in [-0.39, 0.29) is 17.2 Å². The van der Waals surface area contributed by atoms with E-state index in [1.54, 1.807) is 23.6 Å². The molecular formula is C19H22N4O3S. The van der Waals surface area contributed by atoms with Crippen molar-refractivity contribution in [2.75, 3.05) is 11.1 Å². The van der Waals surface area contributed by atoms with Crippen molar-refractivity contribution in [1.29, 1.82) is 0 Å². The highest BCUT2D eigenvalue weighted by Crippen LogP contribution is 2.19. The van der Waals surface area contributed by atoms with Crippen molar-refractivity contribution in [3.63, 3.8) is 0 Å². The standard InChI is InChI=1S/C19H22N4O3S/c1-12(2)8-9-23-18(25)14-6-4-5-7-15(14)20-19(23)27-11-17(24)21-16-10-13(3)26-22-16/h4-7,10,12H,8-9,11H2,1-3H3,(H,21,22,24). The summed E-state index contributed by atoms with van der Waals surface area (Å²) in [5.74, 6) is 1.35. The Hall–Kier alpha value is -2.61. The van der Waals surface area contributed by atoms with Gasteiger partial charge in [-0.3, -0.25) is 14.2 Å². The number of carbonyl (C=O) groups is 1. The number of thioether (sulfide) groups is 1. The van der Waals surface area contributed by atoms with Crippen molar-refractivity contribution in [3.05, 3.63) is 46.4 Å². The number of para-hydroxylation sites is 1. The van der Waals surface area contributed by atoms with Gasteiger partial charge in [-0.2, -0.15) is 0 Å². The highest BCUT2D eigenvalue weighted by molar-refractivity contribution is 7.99. The van der Waals surface area contributed by atoms with Crippen molar-refractivity contribution in [2.45, 2.75) is 38.9 Å². The molecule has 0 radical (unpaired) electrons. The van der Waals surface area contributed by atoms with Crippen LogP contribution >= 0.6 is 11.8 Å². The Morgan fingerprint density at radius 2 is 2.11 bits per heavy atom. The number of aryl methyl sites for hydroxylation is 1. The minimum absolute atomic E-state index is 0.0729. The number of rotatable bonds is 7. The fourth-order valence-corrected chi connectivity index (χ4v) is 3.40. The molecule has 0 saturated heterocycles. The molecule has 3 aromatic rings. The maximum atomic E-state index is 12.9. The number of hydrogen-bond donors (Lipinski definition) is 1. The number of hydrogen-bond acceptors (Lipinski definition) is 6. The topological polar surface area (TPSA) is 90.0 Å². The number of nitrogens with one attached hydrogen (secondary N) is 1. The zero-order valence-corrected chi connectivity index (χ0v) is 16.4. The average Bonchev–Trinajstić information content (AvgIpc) is 3.04. The number of anilines is 1. The molecular weight excluding hydrogens is 364 g/mol. The lowest BCUT2D eigenvalue weighted by Crippen LogP contribution is -2.25. The molecule has 0 bridgehead atoms. The van der Waals surface area contributed by atoms with Gasteiger partial charge < -0.3 is 9.84 Å². The van der Waals surface area contributed by atoms with Gasteiger partial charge in [0.05, 0.1) is 16.7 Å². The summed E-state index contributed by atoms with van der Waals surface area (Å²) in [5.41, 5.74) is 0.564. The van der Waals surface area contributed by atoms with Crippen molar-refractivity contribution in [2.24, 2.45) is 5.92 Å². The van der Waals surface area contributed by atoms with Gasteiger partial charge in [-0.1, -0.05) is 42.9 Å². The highest BCUT2D eigenvalue weighted by Gasteiger charge is 2.14. The van der Waals surface area contributed by atoms with Gasteiger partial charge in [-0.15, -0.1) is 0 Å². The van der Waals surface area contributed by atoms with Gasteiger partial charge >= 0.3 is 0 Å². The Labute approximate surface area is 161 Å². The molecule has 0 atom stereocenters. The summed E-state index contributed by atoms with van der Waals surface area (Å²) in [6.45, 7) is 6.55. The first-order valence-electron chi connectivity index (χ1n) is 8.79. The molecule has 0 aliphatic heterocycles. The molecule has 0 unspecified atom stereocenters. The van der Waals surface area contributed by atoms with E-state index in [0.29, 0.717) is 40.1 Å². The van der Waals surface area contributed by atoms with Crippen LogP contribution in [0, 0.1) is 12.8 Å². The van der Waals surface area contributed by atoms with Crippen molar-refractivity contribution in [1.82, 2.24) is 14.7 Å². The third kappa shape index (κ3) is 4.77. The molecule has 7 nitrogen and oxygen atoms in total. The molecule has 2 aromatic heterocycles. The van der Waals surface area contributed by atoms with Crippen LogP contribution in [-0.4, -0.2) is 26.4 Å². The third-order valence-corrected chi connectivity index (χ3v) is 4.96. The van der Waals surface area contributed by atoms with E-state index in [2.05, 4.69) is 29.3 Å². The quantitative estimate of drug-likeness (QED) is 0.494. The lowest BCUT2D eigenvalue weighted by molar-refractivity contribution is -0.113. The Morgan fingerprint density at radius 1 is 1.33 bits per heavy atom. The maximum absolute atomic E-state index is 12.9. The van der Waals surface area contributed by atoms with Crippen LogP contribution in [0.15, 0.2) is 44.8 Å². The first-order valence-corrected chi connectivity index (χ1v) is 9.78. The molecule has 27 heavy (non-hydrogen) atoms. The van der Waals surface area contributed by atoms with Gasteiger partial charge in [-0.25, -0.2) is 4.98 Å². The summed E-state index contributed by atoms with van der Waals surface area (Å²) in [5, 5.41) is 7.56. The number of amides is 1. The van der Waals surface area contributed by atoms with Crippen molar-refractivity contribution < 1.29 is 9.32 Å². The van der Waals surface area contributed by atoms with Gasteiger partial charge in [0.1, 0.15) is 5.76 Å². The Kier molecular flexibility index (Phi) is 5.95. The number of aromatic nitrogens is 3. The van der Waals surface area contributed by atoms with Crippen molar-refractivity contribution >= 4 is 34.4 Å². The van der Waals surface area contributed by atoms with Crippen LogP contribution in [0.25, 0.3) is 10.9 Å². The lowest BCUT2D eigenvalue weighted by Gasteiger charge is -2.14. The molecule has 1 amide bonds. The number of benzene rings is 1. The molecule has 1 N–H and O–H groups in total. The third-order valence-electron chi connectivity index (χ3n) is 3.98. The van der Waals surface area contributed by atoms with E-state index >= 15 is 0 Å². The molecule has 3 rings (SSSR count). The number of fused-ring (bicyclic) bond motifs is 1. The highest BCUT2D eigenvalue weighted by atomic mass is 32.2. The SMILES string of the molecule is Cc1cc(NC(=O)CSc2nc3ccccc3c(=O)n2CCC(C)C)no1. The van der Waals surface area contributed by atoms with Gasteiger partial charge in [0, 0.05) is 12.6 Å². The zero-order chi connectivity index (χ0) is 19.4. The fraction of sp³-hybridized carbons (Fsp3) is 0.368. The second kappa shape index (κ2) is 8.39. The Morgan fingerprint density at radius 3 is 2.81 bits per heavy atom. The largest absolute Gasteiger partial charge is 0.360 e. The van der Waals surface area contributed by atoms with Crippen LogP contribution in [0.5, 0.6) is 0 Å². The second-order valence-corrected chi connectivity index (χ2v) is 7.65. The predicted octanol–water partition coefficient (Wildman–Crippen LogP) is 3.47. The molecule has 2 heterocycles. The van der Waals surface area contributed by atoms with Crippen LogP contribution in [0.1, 0.15) is 26.0 Å². The van der Waals surface area contributed by atoms with Crippen molar-refractivity contribution in [3.8, 4) is 0 Å². The summed E-state index contributed by atoms with van der Waals surface area (Å²) < 4.78 is 6.60. The summed E-state index contributed by atoms with van der Waals surface area (Å²) in [6.07, 6.45) is 0.859. The lowest BCUT2D eigenvalue weighted by atomic mass is 10.1. The first-order chi connectivity index (χ1) is 12.9. The minimum Gasteiger partial charge on any atom is -0.360 e. The summed E-state index contributed by atoms with van der Waals surface area (Å²) in [6, 6.07) is 8.92. The molecule has 142 valence electrons. The molecule has 8 heteroatoms. The van der Waals surface area contributed by atoms with E-state index in [1.165, 1.54) is 11.8 Å². The van der Waals surface area contributed by atoms with Gasteiger partial charge in [0.25, 0.3) is 5.56 Å². The van der Waals surface area contributed by atoms with Crippen LogP contribution in [0.2, 0.25) is 0 Å². The maximum Gasteiger partial charge on any atom is 0.262 e. The average molecular weight is 386 g/mol. The molecule has 0 saturated carbocycles. The normalized spacial score (nSPS) is 11.3. The van der Waals surface area contributed by atoms with E-state index in [0.717, 1.165) is 6.42 Å². The van der Waals surface area contributed by atoms with Crippen LogP contribution in [0.3, 0.4) is 0 Å². The van der Waals surface area contributed by atoms with E-state index in [1.807, 2.05) is 18.2 Å². The number of nitrogens with zero attached hydrogens (tertiary/aromatic N) is 3. The molecule has 0 aliphatic rings. The van der Waals surface area contributed by atoms with E-state index < -0.39 is 0 Å². The summed E-state index contributed by atoms with van der Waals surface area (Å²) in [7, 11) is 0. The minimum atomic E-state index is -0.230. The van der Waals surface area contributed by atoms with E-state index in [9.17, 15) is 9.59 Å². The molecule has 1 aromatic carbocycles. The molecule has 0 spiro atoms.